The molecule has 15 heavy (non-hydrogen) atoms. The van der Waals surface area contributed by atoms with Gasteiger partial charge in [-0.15, -0.1) is 0 Å². The largest absolute Gasteiger partial charge is 0.490 e. The van der Waals surface area contributed by atoms with E-state index in [9.17, 15) is 0 Å². The average molecular weight is 286 g/mol. The van der Waals surface area contributed by atoms with Gasteiger partial charge >= 0.3 is 0 Å². The van der Waals surface area contributed by atoms with E-state index in [1.165, 1.54) is 0 Å². The van der Waals surface area contributed by atoms with Gasteiger partial charge in [0.05, 0.1) is 16.7 Å². The number of ether oxygens (including phenoxy) is 1. The molecule has 84 valence electrons. The summed E-state index contributed by atoms with van der Waals surface area (Å²) in [6.07, 6.45) is 1.94. The summed E-state index contributed by atoms with van der Waals surface area (Å²) in [4.78, 5) is 0. The number of hydrogen-bond acceptors (Lipinski definition) is 2. The first kappa shape index (κ1) is 13.3. The number of hydrogen-bond donors (Lipinski definition) is 1. The van der Waals surface area contributed by atoms with E-state index in [2.05, 4.69) is 12.6 Å². The van der Waals surface area contributed by atoms with Gasteiger partial charge < -0.3 is 4.74 Å². The van der Waals surface area contributed by atoms with E-state index in [0.717, 1.165) is 18.6 Å². The van der Waals surface area contributed by atoms with Gasteiger partial charge in [-0.05, 0) is 30.7 Å². The number of rotatable bonds is 5. The van der Waals surface area contributed by atoms with Gasteiger partial charge in [0.15, 0.2) is 5.75 Å². The van der Waals surface area contributed by atoms with Crippen molar-refractivity contribution in [1.29, 1.82) is 0 Å². The maximum Gasteiger partial charge on any atom is 0.156 e. The Bertz CT molecular complexity index is 307. The Labute approximate surface area is 110 Å². The van der Waals surface area contributed by atoms with Gasteiger partial charge in [0.25, 0.3) is 0 Å². The van der Waals surface area contributed by atoms with E-state index in [-0.39, 0.29) is 0 Å². The fourth-order valence-corrected chi connectivity index (χ4v) is 2.20. The molecule has 0 atom stereocenters. The molecule has 0 saturated heterocycles. The van der Waals surface area contributed by atoms with E-state index >= 15 is 0 Å². The van der Waals surface area contributed by atoms with Gasteiger partial charge in [-0.25, -0.2) is 0 Å². The highest BCUT2D eigenvalue weighted by Crippen LogP contribution is 2.35. The second-order valence-corrected chi connectivity index (χ2v) is 4.68. The second-order valence-electron chi connectivity index (χ2n) is 2.98. The molecular formula is C10H11Cl3OS. The van der Waals surface area contributed by atoms with Crippen LogP contribution in [0.15, 0.2) is 12.1 Å². The summed E-state index contributed by atoms with van der Waals surface area (Å²) in [7, 11) is 0. The number of thiol groups is 1. The van der Waals surface area contributed by atoms with Gasteiger partial charge in [-0.3, -0.25) is 0 Å². The van der Waals surface area contributed by atoms with Crippen LogP contribution >= 0.6 is 47.4 Å². The van der Waals surface area contributed by atoms with Crippen molar-refractivity contribution < 1.29 is 4.74 Å². The first-order chi connectivity index (χ1) is 7.15. The van der Waals surface area contributed by atoms with Crippen molar-refractivity contribution in [1.82, 2.24) is 0 Å². The predicted molar refractivity (Wildman–Crippen MR) is 70.1 cm³/mol. The van der Waals surface area contributed by atoms with Crippen molar-refractivity contribution in [2.24, 2.45) is 0 Å². The van der Waals surface area contributed by atoms with Crippen molar-refractivity contribution in [3.05, 3.63) is 27.2 Å². The Kier molecular flexibility index (Phi) is 5.98. The molecule has 1 aromatic carbocycles. The molecular weight excluding hydrogens is 275 g/mol. The monoisotopic (exact) mass is 284 g/mol. The van der Waals surface area contributed by atoms with Gasteiger partial charge in [0.2, 0.25) is 0 Å². The molecule has 0 aliphatic heterocycles. The van der Waals surface area contributed by atoms with Gasteiger partial charge in [0, 0.05) is 5.02 Å². The van der Waals surface area contributed by atoms with Crippen LogP contribution in [0.4, 0.5) is 0 Å². The van der Waals surface area contributed by atoms with Crippen molar-refractivity contribution in [2.75, 3.05) is 12.4 Å². The molecule has 5 heteroatoms. The molecule has 0 fully saturated rings. The van der Waals surface area contributed by atoms with Crippen LogP contribution in [0.5, 0.6) is 5.75 Å². The van der Waals surface area contributed by atoms with Crippen LogP contribution in [0, 0.1) is 0 Å². The Hall–Kier alpha value is 0.240. The van der Waals surface area contributed by atoms with Crippen LogP contribution in [-0.4, -0.2) is 12.4 Å². The molecule has 0 radical (unpaired) electrons. The highest BCUT2D eigenvalue weighted by atomic mass is 35.5. The van der Waals surface area contributed by atoms with Crippen LogP contribution in [0.1, 0.15) is 12.8 Å². The molecule has 0 saturated carbocycles. The zero-order valence-electron chi connectivity index (χ0n) is 7.97. The lowest BCUT2D eigenvalue weighted by molar-refractivity contribution is 0.310. The molecule has 0 unspecified atom stereocenters. The summed E-state index contributed by atoms with van der Waals surface area (Å²) in [6, 6.07) is 3.23. The summed E-state index contributed by atoms with van der Waals surface area (Å²) in [5, 5.41) is 1.39. The molecule has 1 aromatic rings. The fourth-order valence-electron chi connectivity index (χ4n) is 1.05. The summed E-state index contributed by atoms with van der Waals surface area (Å²) in [5.74, 6) is 1.35. The van der Waals surface area contributed by atoms with Gasteiger partial charge in [-0.2, -0.15) is 12.6 Å². The van der Waals surface area contributed by atoms with Gasteiger partial charge in [-0.1, -0.05) is 34.8 Å². The molecule has 0 N–H and O–H groups in total. The molecule has 0 spiro atoms. The van der Waals surface area contributed by atoms with Crippen LogP contribution in [0.25, 0.3) is 0 Å². The van der Waals surface area contributed by atoms with E-state index < -0.39 is 0 Å². The van der Waals surface area contributed by atoms with Crippen molar-refractivity contribution in [2.45, 2.75) is 12.8 Å². The Morgan fingerprint density at radius 1 is 1.07 bits per heavy atom. The minimum Gasteiger partial charge on any atom is -0.490 e. The fraction of sp³-hybridized carbons (Fsp3) is 0.400. The Morgan fingerprint density at radius 2 is 1.67 bits per heavy atom. The van der Waals surface area contributed by atoms with Crippen LogP contribution in [-0.2, 0) is 0 Å². The normalized spacial score (nSPS) is 10.4. The second kappa shape index (κ2) is 6.74. The van der Waals surface area contributed by atoms with E-state index in [0.29, 0.717) is 27.4 Å². The first-order valence-corrected chi connectivity index (χ1v) is 6.30. The smallest absolute Gasteiger partial charge is 0.156 e. The van der Waals surface area contributed by atoms with E-state index in [4.69, 9.17) is 39.5 Å². The van der Waals surface area contributed by atoms with Crippen LogP contribution in [0.3, 0.4) is 0 Å². The standard InChI is InChI=1S/C10H11Cl3OS/c11-7-5-8(12)10(9(13)6-7)14-3-1-2-4-15/h5-6,15H,1-4H2. The lowest BCUT2D eigenvalue weighted by Crippen LogP contribution is -1.98. The van der Waals surface area contributed by atoms with E-state index in [1.807, 2.05) is 0 Å². The molecule has 0 heterocycles. The zero-order valence-corrected chi connectivity index (χ0v) is 11.1. The minimum absolute atomic E-state index is 0.443. The quantitative estimate of drug-likeness (QED) is 0.607. The highest BCUT2D eigenvalue weighted by Gasteiger charge is 2.08. The zero-order chi connectivity index (χ0) is 11.3. The summed E-state index contributed by atoms with van der Waals surface area (Å²) >= 11 is 21.8. The number of unbranched alkanes of at least 4 members (excludes halogenated alkanes) is 1. The highest BCUT2D eigenvalue weighted by molar-refractivity contribution is 7.80. The Balaban J connectivity index is 2.60. The summed E-state index contributed by atoms with van der Waals surface area (Å²) in [5.41, 5.74) is 0. The molecule has 0 aliphatic rings. The average Bonchev–Trinajstić information content (AvgIpc) is 2.15. The molecule has 0 aromatic heterocycles. The number of benzene rings is 1. The SMILES string of the molecule is SCCCCOc1c(Cl)cc(Cl)cc1Cl. The third kappa shape index (κ3) is 4.31. The topological polar surface area (TPSA) is 9.23 Å². The minimum atomic E-state index is 0.443. The number of halogens is 3. The van der Waals surface area contributed by atoms with Crippen LogP contribution in [0.2, 0.25) is 15.1 Å². The molecule has 0 bridgehead atoms. The molecule has 0 amide bonds. The van der Waals surface area contributed by atoms with E-state index in [1.54, 1.807) is 12.1 Å². The molecule has 0 aliphatic carbocycles. The molecule has 1 rings (SSSR count). The Morgan fingerprint density at radius 3 is 2.20 bits per heavy atom. The van der Waals surface area contributed by atoms with Crippen molar-refractivity contribution in [3.63, 3.8) is 0 Å². The third-order valence-corrected chi connectivity index (χ3v) is 2.86. The maximum atomic E-state index is 5.94. The molecule has 1 nitrogen and oxygen atoms in total. The van der Waals surface area contributed by atoms with Gasteiger partial charge in [0.1, 0.15) is 0 Å². The van der Waals surface area contributed by atoms with Crippen molar-refractivity contribution >= 4 is 47.4 Å². The third-order valence-electron chi connectivity index (χ3n) is 1.76. The van der Waals surface area contributed by atoms with Crippen LogP contribution < -0.4 is 4.74 Å². The summed E-state index contributed by atoms with van der Waals surface area (Å²) in [6.45, 7) is 0.585. The predicted octanol–water partition coefficient (Wildman–Crippen LogP) is 4.74. The van der Waals surface area contributed by atoms with Crippen molar-refractivity contribution in [3.8, 4) is 5.75 Å². The first-order valence-electron chi connectivity index (χ1n) is 4.53. The maximum absolute atomic E-state index is 5.94. The lowest BCUT2D eigenvalue weighted by Gasteiger charge is -2.09. The summed E-state index contributed by atoms with van der Waals surface area (Å²) < 4.78 is 5.47. The lowest BCUT2D eigenvalue weighted by atomic mass is 10.3.